The van der Waals surface area contributed by atoms with Gasteiger partial charge in [0.15, 0.2) is 0 Å². The first-order valence-electron chi connectivity index (χ1n) is 10.1. The van der Waals surface area contributed by atoms with Crippen LogP contribution in [-0.4, -0.2) is 57.2 Å². The van der Waals surface area contributed by atoms with Gasteiger partial charge in [0, 0.05) is 55.8 Å². The highest BCUT2D eigenvalue weighted by Crippen LogP contribution is 2.46. The minimum Gasteiger partial charge on any atom is -0.468 e. The van der Waals surface area contributed by atoms with E-state index in [0.29, 0.717) is 35.4 Å². The Kier molecular flexibility index (Phi) is 5.52. The van der Waals surface area contributed by atoms with Crippen molar-refractivity contribution in [2.75, 3.05) is 33.3 Å². The van der Waals surface area contributed by atoms with Gasteiger partial charge in [-0.15, -0.1) is 0 Å². The van der Waals surface area contributed by atoms with E-state index >= 15 is 0 Å². The second-order valence-electron chi connectivity index (χ2n) is 8.24. The van der Waals surface area contributed by atoms with Gasteiger partial charge >= 0.3 is 0 Å². The number of methoxy groups -OCH3 is 1. The lowest BCUT2D eigenvalue weighted by Crippen LogP contribution is -2.49. The van der Waals surface area contributed by atoms with Gasteiger partial charge in [0.1, 0.15) is 10.5 Å². The molecule has 7 nitrogen and oxygen atoms in total. The first-order chi connectivity index (χ1) is 14.2. The number of furan rings is 1. The zero-order valence-electron chi connectivity index (χ0n) is 17.5. The molecule has 1 aliphatic heterocycles. The quantitative estimate of drug-likeness (QED) is 0.702. The molecule has 0 amide bonds. The highest BCUT2D eigenvalue weighted by molar-refractivity contribution is 7.87. The van der Waals surface area contributed by atoms with Crippen molar-refractivity contribution in [2.45, 2.75) is 31.1 Å². The minimum absolute atomic E-state index is 0.0837. The van der Waals surface area contributed by atoms with E-state index in [1.807, 2.05) is 19.1 Å². The first-order valence-corrected chi connectivity index (χ1v) is 11.5. The van der Waals surface area contributed by atoms with Crippen LogP contribution in [0.2, 0.25) is 0 Å². The molecule has 8 heteroatoms. The molecule has 2 aliphatic rings. The molecule has 1 fully saturated rings. The van der Waals surface area contributed by atoms with E-state index in [-0.39, 0.29) is 6.42 Å². The molecule has 1 saturated heterocycles. The van der Waals surface area contributed by atoms with Gasteiger partial charge < -0.3 is 14.5 Å². The average molecular weight is 433 g/mol. The molecule has 0 saturated carbocycles. The summed E-state index contributed by atoms with van der Waals surface area (Å²) in [6, 6.07) is 9.35. The van der Waals surface area contributed by atoms with Gasteiger partial charge in [0.25, 0.3) is 16.1 Å². The number of aryl methyl sites for hydroxylation is 1. The summed E-state index contributed by atoms with van der Waals surface area (Å²) in [5.74, 6) is 0.960. The number of ether oxygens (including phenoxy) is 1. The van der Waals surface area contributed by atoms with Crippen LogP contribution in [0.15, 0.2) is 40.8 Å². The van der Waals surface area contributed by atoms with Crippen LogP contribution in [0, 0.1) is 6.92 Å². The van der Waals surface area contributed by atoms with Crippen LogP contribution in [0.1, 0.15) is 29.4 Å². The second kappa shape index (κ2) is 7.85. The molecule has 2 N–H and O–H groups in total. The molecule has 2 heterocycles. The van der Waals surface area contributed by atoms with Gasteiger partial charge in [-0.25, -0.2) is 0 Å². The van der Waals surface area contributed by atoms with E-state index < -0.39 is 14.9 Å². The smallest absolute Gasteiger partial charge is 0.284 e. The number of fused-ring (bicyclic) bond motifs is 1. The third-order valence-electron chi connectivity index (χ3n) is 6.05. The molecule has 0 spiro atoms. The van der Waals surface area contributed by atoms with Crippen molar-refractivity contribution >= 4 is 15.7 Å². The Morgan fingerprint density at radius 2 is 2.13 bits per heavy atom. The van der Waals surface area contributed by atoms with Crippen molar-refractivity contribution in [3.05, 3.63) is 58.9 Å². The van der Waals surface area contributed by atoms with E-state index in [1.165, 1.54) is 7.11 Å². The lowest BCUT2D eigenvalue weighted by Gasteiger charge is -2.36. The Labute approximate surface area is 177 Å². The van der Waals surface area contributed by atoms with Crippen LogP contribution in [0.4, 0.5) is 0 Å². The van der Waals surface area contributed by atoms with Crippen LogP contribution >= 0.6 is 0 Å². The summed E-state index contributed by atoms with van der Waals surface area (Å²) in [4.78, 5) is 2.27. The van der Waals surface area contributed by atoms with Crippen molar-refractivity contribution in [1.29, 1.82) is 0 Å². The Balaban J connectivity index is 1.87. The van der Waals surface area contributed by atoms with Crippen LogP contribution in [0.3, 0.4) is 0 Å². The maximum atomic E-state index is 12.9. The number of hydrogen-bond acceptors (Lipinski definition) is 6. The van der Waals surface area contributed by atoms with E-state index in [9.17, 15) is 13.0 Å². The van der Waals surface area contributed by atoms with E-state index in [0.717, 1.165) is 30.8 Å². The fraction of sp³-hybridized carbons (Fsp3) is 0.455. The molecule has 1 aromatic carbocycles. The highest BCUT2D eigenvalue weighted by Gasteiger charge is 2.48. The number of nitrogens with zero attached hydrogens (tertiary/aromatic N) is 1. The van der Waals surface area contributed by atoms with Gasteiger partial charge in [0.2, 0.25) is 0 Å². The summed E-state index contributed by atoms with van der Waals surface area (Å²) in [6.45, 7) is 7.06. The number of rotatable bonds is 5. The van der Waals surface area contributed by atoms with Crippen LogP contribution < -0.4 is 10.1 Å². The molecular weight excluding hydrogens is 404 g/mol. The van der Waals surface area contributed by atoms with Gasteiger partial charge in [-0.05, 0) is 31.1 Å². The van der Waals surface area contributed by atoms with Gasteiger partial charge in [-0.3, -0.25) is 9.45 Å². The van der Waals surface area contributed by atoms with Crippen molar-refractivity contribution in [3.8, 4) is 5.95 Å². The van der Waals surface area contributed by atoms with Crippen molar-refractivity contribution < 1.29 is 22.1 Å². The van der Waals surface area contributed by atoms with Gasteiger partial charge in [0.05, 0.1) is 7.11 Å². The van der Waals surface area contributed by atoms with Crippen molar-refractivity contribution in [2.24, 2.45) is 0 Å². The summed E-state index contributed by atoms with van der Waals surface area (Å²) < 4.78 is 45.8. The summed E-state index contributed by atoms with van der Waals surface area (Å²) in [7, 11) is -2.96. The monoisotopic (exact) mass is 432 g/mol. The maximum absolute atomic E-state index is 12.9. The largest absolute Gasteiger partial charge is 0.468 e. The topological polar surface area (TPSA) is 92.0 Å². The molecule has 2 aromatic rings. The summed E-state index contributed by atoms with van der Waals surface area (Å²) in [6.07, 6.45) is 1.77. The number of nitrogens with one attached hydrogen (secondary N) is 1. The maximum Gasteiger partial charge on any atom is 0.284 e. The predicted octanol–water partition coefficient (Wildman–Crippen LogP) is 2.61. The average Bonchev–Trinajstić information content (AvgIpc) is 3.11. The predicted molar refractivity (Wildman–Crippen MR) is 115 cm³/mol. The van der Waals surface area contributed by atoms with E-state index in [1.54, 1.807) is 24.3 Å². The van der Waals surface area contributed by atoms with E-state index in [2.05, 4.69) is 17.1 Å². The molecular formula is C22H28N2O5S. The Morgan fingerprint density at radius 3 is 2.80 bits per heavy atom. The third kappa shape index (κ3) is 3.69. The zero-order chi connectivity index (χ0) is 21.5. The second-order valence-corrected chi connectivity index (χ2v) is 9.92. The highest BCUT2D eigenvalue weighted by atomic mass is 32.2. The first kappa shape index (κ1) is 21.1. The standard InChI is InChI=1S/C22H28N2O5S/c1-15-6-4-5-7-19(15)22(30(25,26)27)11-17-10-20(28-3)29-21(17)18(12-22)14-24-9-8-23-16(2)13-24/h4-7,10,12,16,23H,8-9,11,13-14H2,1-3H3,(H,25,26,27)/t16-,22?/m0/s1. The molecule has 1 aliphatic carbocycles. The summed E-state index contributed by atoms with van der Waals surface area (Å²) >= 11 is 0. The summed E-state index contributed by atoms with van der Waals surface area (Å²) in [5, 5.41) is 3.41. The van der Waals surface area contributed by atoms with Gasteiger partial charge in [-0.2, -0.15) is 8.42 Å². The molecule has 1 unspecified atom stereocenters. The fourth-order valence-electron chi connectivity index (χ4n) is 4.63. The minimum atomic E-state index is -4.48. The molecule has 0 bridgehead atoms. The molecule has 162 valence electrons. The molecule has 30 heavy (non-hydrogen) atoms. The number of benzene rings is 1. The fourth-order valence-corrected chi connectivity index (χ4v) is 5.76. The number of hydrogen-bond donors (Lipinski definition) is 2. The third-order valence-corrected chi connectivity index (χ3v) is 7.45. The normalized spacial score (nSPS) is 24.9. The van der Waals surface area contributed by atoms with Crippen LogP contribution in [0.5, 0.6) is 5.95 Å². The van der Waals surface area contributed by atoms with Crippen LogP contribution in [-0.2, 0) is 21.3 Å². The summed E-state index contributed by atoms with van der Waals surface area (Å²) in [5.41, 5.74) is 2.84. The van der Waals surface area contributed by atoms with Crippen LogP contribution in [0.25, 0.3) is 5.57 Å². The molecule has 2 atom stereocenters. The SMILES string of the molecule is COc1cc2c(o1)C(CN1CCN[C@@H](C)C1)=CC(c1ccccc1C)(S(=O)(=O)O)C2. The Bertz CT molecular complexity index is 1070. The molecule has 0 radical (unpaired) electrons. The van der Waals surface area contributed by atoms with Gasteiger partial charge in [-0.1, -0.05) is 24.3 Å². The van der Waals surface area contributed by atoms with Crippen molar-refractivity contribution in [3.63, 3.8) is 0 Å². The van der Waals surface area contributed by atoms with E-state index in [4.69, 9.17) is 9.15 Å². The van der Waals surface area contributed by atoms with Crippen molar-refractivity contribution in [1.82, 2.24) is 10.2 Å². The zero-order valence-corrected chi connectivity index (χ0v) is 18.3. The lowest BCUT2D eigenvalue weighted by atomic mass is 9.82. The Morgan fingerprint density at radius 1 is 1.37 bits per heavy atom. The Hall–Kier alpha value is -2.13. The number of piperazine rings is 1. The lowest BCUT2D eigenvalue weighted by molar-refractivity contribution is 0.227. The molecule has 4 rings (SSSR count). The molecule has 1 aromatic heterocycles.